The highest BCUT2D eigenvalue weighted by molar-refractivity contribution is 5.50. The highest BCUT2D eigenvalue weighted by Gasteiger charge is 2.22. The number of imidazole rings is 1. The molecule has 2 aromatic carbocycles. The SMILES string of the molecule is COc1ccc(Cc2nn3c(C(CCO)CCCc4ccccc4)nc(C)c3c(=O)[nH]2)cc1OC. The number of nitrogens with one attached hydrogen (secondary N) is 1. The van der Waals surface area contributed by atoms with Gasteiger partial charge in [0.05, 0.1) is 19.9 Å². The lowest BCUT2D eigenvalue weighted by atomic mass is 9.96. The number of methoxy groups -OCH3 is 2. The van der Waals surface area contributed by atoms with E-state index >= 15 is 0 Å². The van der Waals surface area contributed by atoms with Gasteiger partial charge in [-0.05, 0) is 55.9 Å². The molecule has 4 aromatic rings. The van der Waals surface area contributed by atoms with Crippen LogP contribution in [0.1, 0.15) is 53.7 Å². The third kappa shape index (κ3) is 5.54. The zero-order valence-corrected chi connectivity index (χ0v) is 20.5. The lowest BCUT2D eigenvalue weighted by Crippen LogP contribution is -2.19. The molecule has 1 unspecified atom stereocenters. The Bertz CT molecular complexity index is 1330. The third-order valence-corrected chi connectivity index (χ3v) is 6.27. The van der Waals surface area contributed by atoms with Crippen molar-refractivity contribution >= 4 is 5.52 Å². The van der Waals surface area contributed by atoms with E-state index in [0.29, 0.717) is 41.4 Å². The van der Waals surface area contributed by atoms with E-state index in [4.69, 9.17) is 19.6 Å². The summed E-state index contributed by atoms with van der Waals surface area (Å²) in [4.78, 5) is 20.6. The predicted molar refractivity (Wildman–Crippen MR) is 135 cm³/mol. The number of benzene rings is 2. The van der Waals surface area contributed by atoms with Crippen molar-refractivity contribution in [3.05, 3.63) is 87.4 Å². The van der Waals surface area contributed by atoms with Gasteiger partial charge in [0.2, 0.25) is 0 Å². The Hall–Kier alpha value is -3.65. The maximum absolute atomic E-state index is 13.0. The van der Waals surface area contributed by atoms with Crippen molar-refractivity contribution in [3.63, 3.8) is 0 Å². The van der Waals surface area contributed by atoms with Crippen molar-refractivity contribution in [2.75, 3.05) is 20.8 Å². The van der Waals surface area contributed by atoms with Crippen LogP contribution in [0.5, 0.6) is 11.5 Å². The molecule has 0 saturated carbocycles. The number of H-pyrrole nitrogens is 1. The Morgan fingerprint density at radius 1 is 1.03 bits per heavy atom. The van der Waals surface area contributed by atoms with Crippen LogP contribution in [0, 0.1) is 6.92 Å². The zero-order valence-electron chi connectivity index (χ0n) is 20.5. The Morgan fingerprint density at radius 3 is 2.51 bits per heavy atom. The molecule has 4 rings (SSSR count). The van der Waals surface area contributed by atoms with Gasteiger partial charge in [0.25, 0.3) is 5.56 Å². The van der Waals surface area contributed by atoms with Crippen LogP contribution in [0.3, 0.4) is 0 Å². The number of aliphatic hydroxyl groups excluding tert-OH is 1. The number of aliphatic hydroxyl groups is 1. The first-order chi connectivity index (χ1) is 17.0. The second kappa shape index (κ2) is 11.2. The van der Waals surface area contributed by atoms with E-state index in [1.54, 1.807) is 18.7 Å². The van der Waals surface area contributed by atoms with E-state index in [-0.39, 0.29) is 18.1 Å². The second-order valence-corrected chi connectivity index (χ2v) is 8.67. The standard InChI is InChI=1S/C27H32N4O4/c1-18-25-27(33)29-24(17-20-12-13-22(34-2)23(16-20)35-3)30-31(25)26(28-18)21(14-15-32)11-7-10-19-8-5-4-6-9-19/h4-6,8-9,12-13,16,21,32H,7,10-11,14-15,17H2,1-3H3,(H,29,30,33). The number of hydrogen-bond donors (Lipinski definition) is 2. The number of nitrogens with zero attached hydrogens (tertiary/aromatic N) is 3. The summed E-state index contributed by atoms with van der Waals surface area (Å²) in [5, 5.41) is 14.5. The van der Waals surface area contributed by atoms with Gasteiger partial charge in [0, 0.05) is 18.9 Å². The Morgan fingerprint density at radius 2 is 1.80 bits per heavy atom. The number of hydrogen-bond acceptors (Lipinski definition) is 6. The minimum atomic E-state index is -0.223. The summed E-state index contributed by atoms with van der Waals surface area (Å²) in [5.74, 6) is 2.50. The Labute approximate surface area is 204 Å². The van der Waals surface area contributed by atoms with Crippen LogP contribution < -0.4 is 15.0 Å². The average molecular weight is 477 g/mol. The number of rotatable bonds is 11. The monoisotopic (exact) mass is 476 g/mol. The van der Waals surface area contributed by atoms with Gasteiger partial charge in [0.1, 0.15) is 11.6 Å². The molecule has 0 aliphatic carbocycles. The maximum Gasteiger partial charge on any atom is 0.277 e. The predicted octanol–water partition coefficient (Wildman–Crippen LogP) is 3.82. The third-order valence-electron chi connectivity index (χ3n) is 6.27. The first-order valence-electron chi connectivity index (χ1n) is 11.9. The summed E-state index contributed by atoms with van der Waals surface area (Å²) >= 11 is 0. The molecule has 35 heavy (non-hydrogen) atoms. The molecule has 1 atom stereocenters. The van der Waals surface area contributed by atoms with Gasteiger partial charge >= 0.3 is 0 Å². The van der Waals surface area contributed by atoms with Gasteiger partial charge in [-0.1, -0.05) is 36.4 Å². The minimum absolute atomic E-state index is 0.00635. The van der Waals surface area contributed by atoms with Gasteiger partial charge in [0.15, 0.2) is 17.0 Å². The molecular weight excluding hydrogens is 444 g/mol. The summed E-state index contributed by atoms with van der Waals surface area (Å²) in [7, 11) is 3.18. The van der Waals surface area contributed by atoms with Gasteiger partial charge in [-0.3, -0.25) is 4.79 Å². The minimum Gasteiger partial charge on any atom is -0.493 e. The van der Waals surface area contributed by atoms with Gasteiger partial charge < -0.3 is 19.6 Å². The molecule has 8 heteroatoms. The Kier molecular flexibility index (Phi) is 7.82. The molecule has 0 amide bonds. The lowest BCUT2D eigenvalue weighted by Gasteiger charge is -2.15. The maximum atomic E-state index is 13.0. The number of fused-ring (bicyclic) bond motifs is 1. The van der Waals surface area contributed by atoms with Crippen LogP contribution in [0.4, 0.5) is 0 Å². The van der Waals surface area contributed by atoms with E-state index in [1.165, 1.54) is 5.56 Å². The smallest absolute Gasteiger partial charge is 0.277 e. The van der Waals surface area contributed by atoms with Gasteiger partial charge in [-0.2, -0.15) is 5.10 Å². The van der Waals surface area contributed by atoms with E-state index in [9.17, 15) is 9.90 Å². The van der Waals surface area contributed by atoms with Crippen LogP contribution in [-0.4, -0.2) is 45.5 Å². The van der Waals surface area contributed by atoms with Crippen LogP contribution in [0.15, 0.2) is 53.3 Å². The molecule has 0 aliphatic rings. The topological polar surface area (TPSA) is 102 Å². The molecule has 2 N–H and O–H groups in total. The van der Waals surface area contributed by atoms with Crippen LogP contribution >= 0.6 is 0 Å². The molecule has 2 heterocycles. The van der Waals surface area contributed by atoms with E-state index in [1.807, 2.05) is 43.3 Å². The summed E-state index contributed by atoms with van der Waals surface area (Å²) in [5.41, 5.74) is 3.07. The van der Waals surface area contributed by atoms with Crippen molar-refractivity contribution in [1.29, 1.82) is 0 Å². The highest BCUT2D eigenvalue weighted by atomic mass is 16.5. The van der Waals surface area contributed by atoms with Gasteiger partial charge in [-0.25, -0.2) is 9.50 Å². The molecule has 184 valence electrons. The van der Waals surface area contributed by atoms with Crippen molar-refractivity contribution in [1.82, 2.24) is 19.6 Å². The fourth-order valence-corrected chi connectivity index (χ4v) is 4.52. The molecule has 0 bridgehead atoms. The summed E-state index contributed by atoms with van der Waals surface area (Å²) in [6.45, 7) is 1.87. The molecule has 0 fully saturated rings. The molecule has 8 nitrogen and oxygen atoms in total. The average Bonchev–Trinajstić information content (AvgIpc) is 3.20. The van der Waals surface area contributed by atoms with Crippen molar-refractivity contribution in [2.24, 2.45) is 0 Å². The highest BCUT2D eigenvalue weighted by Crippen LogP contribution is 2.29. The van der Waals surface area contributed by atoms with E-state index < -0.39 is 0 Å². The number of aromatic nitrogens is 4. The molecule has 0 spiro atoms. The van der Waals surface area contributed by atoms with Crippen molar-refractivity contribution < 1.29 is 14.6 Å². The Balaban J connectivity index is 1.63. The number of ether oxygens (including phenoxy) is 2. The normalized spacial score (nSPS) is 12.1. The van der Waals surface area contributed by atoms with Gasteiger partial charge in [-0.15, -0.1) is 0 Å². The van der Waals surface area contributed by atoms with E-state index in [2.05, 4.69) is 17.1 Å². The zero-order chi connectivity index (χ0) is 24.8. The van der Waals surface area contributed by atoms with Crippen LogP contribution in [-0.2, 0) is 12.8 Å². The first kappa shape index (κ1) is 24.5. The summed E-state index contributed by atoms with van der Waals surface area (Å²) < 4.78 is 12.4. The van der Waals surface area contributed by atoms with Crippen LogP contribution in [0.25, 0.3) is 5.52 Å². The van der Waals surface area contributed by atoms with E-state index in [0.717, 1.165) is 30.7 Å². The molecule has 2 aromatic heterocycles. The van der Waals surface area contributed by atoms with Crippen molar-refractivity contribution in [2.45, 2.75) is 44.9 Å². The quantitative estimate of drug-likeness (QED) is 0.341. The fourth-order valence-electron chi connectivity index (χ4n) is 4.52. The largest absolute Gasteiger partial charge is 0.493 e. The van der Waals surface area contributed by atoms with Crippen LogP contribution in [0.2, 0.25) is 0 Å². The van der Waals surface area contributed by atoms with Crippen molar-refractivity contribution in [3.8, 4) is 11.5 Å². The summed E-state index contributed by atoms with van der Waals surface area (Å²) in [6.07, 6.45) is 3.72. The number of aromatic amines is 1. The molecule has 0 radical (unpaired) electrons. The number of aryl methyl sites for hydroxylation is 2. The fraction of sp³-hybridized carbons (Fsp3) is 0.370. The molecular formula is C27H32N4O4. The second-order valence-electron chi connectivity index (χ2n) is 8.67. The lowest BCUT2D eigenvalue weighted by molar-refractivity contribution is 0.268. The molecule has 0 aliphatic heterocycles. The molecule has 0 saturated heterocycles. The first-order valence-corrected chi connectivity index (χ1v) is 11.9. The summed E-state index contributed by atoms with van der Waals surface area (Å²) in [6, 6.07) is 16.0.